The molecule has 1 N–H and O–H groups in total. The maximum Gasteiger partial charge on any atom is 0.272 e. The van der Waals surface area contributed by atoms with Crippen LogP contribution in [0.5, 0.6) is 5.75 Å². The minimum Gasteiger partial charge on any atom is -0.497 e. The highest BCUT2D eigenvalue weighted by molar-refractivity contribution is 7.21. The summed E-state index contributed by atoms with van der Waals surface area (Å²) in [4.78, 5) is 21.5. The average Bonchev–Trinajstić information content (AvgIpc) is 3.07. The molecule has 7 heteroatoms. The topological polar surface area (TPSA) is 63.7 Å². The van der Waals surface area contributed by atoms with E-state index in [1.165, 1.54) is 11.3 Å². The fourth-order valence-electron chi connectivity index (χ4n) is 3.68. The van der Waals surface area contributed by atoms with Gasteiger partial charge in [-0.15, -0.1) is 11.3 Å². The Morgan fingerprint density at radius 2 is 2.00 bits per heavy atom. The summed E-state index contributed by atoms with van der Waals surface area (Å²) in [5, 5.41) is 4.58. The lowest BCUT2D eigenvalue weighted by Gasteiger charge is -2.36. The van der Waals surface area contributed by atoms with Crippen LogP contribution in [0.1, 0.15) is 34.3 Å². The van der Waals surface area contributed by atoms with Crippen molar-refractivity contribution in [2.24, 2.45) is 0 Å². The third-order valence-corrected chi connectivity index (χ3v) is 6.02. The number of rotatable bonds is 5. The predicted octanol–water partition coefficient (Wildman–Crippen LogP) is 4.57. The fourth-order valence-corrected chi connectivity index (χ4v) is 4.84. The molecule has 0 unspecified atom stereocenters. The van der Waals surface area contributed by atoms with Crippen molar-refractivity contribution in [2.75, 3.05) is 24.4 Å². The van der Waals surface area contributed by atoms with Crippen LogP contribution in [0.4, 0.5) is 11.4 Å². The highest BCUT2D eigenvalue weighted by Gasteiger charge is 2.36. The Morgan fingerprint density at radius 1 is 1.25 bits per heavy atom. The summed E-state index contributed by atoms with van der Waals surface area (Å²) >= 11 is 1.44. The van der Waals surface area contributed by atoms with Crippen molar-refractivity contribution in [3.8, 4) is 5.75 Å². The van der Waals surface area contributed by atoms with Gasteiger partial charge in [-0.25, -0.2) is 4.98 Å². The SMILES string of the molecule is CC[C@@H]1Nc2c(sc3nc(C)cc(COC)c23)C(=O)N1c1ccc(OC)cc1. The number of anilines is 2. The van der Waals surface area contributed by atoms with Crippen molar-refractivity contribution in [3.05, 3.63) is 46.5 Å². The zero-order valence-electron chi connectivity index (χ0n) is 16.4. The molecule has 3 aromatic rings. The average molecular weight is 398 g/mol. The summed E-state index contributed by atoms with van der Waals surface area (Å²) in [6.45, 7) is 4.52. The van der Waals surface area contributed by atoms with Gasteiger partial charge in [0, 0.05) is 23.9 Å². The first-order chi connectivity index (χ1) is 13.6. The molecule has 0 fully saturated rings. The van der Waals surface area contributed by atoms with Crippen molar-refractivity contribution < 1.29 is 14.3 Å². The number of carbonyl (C=O) groups excluding carboxylic acids is 1. The Balaban J connectivity index is 1.85. The third kappa shape index (κ3) is 3.00. The smallest absolute Gasteiger partial charge is 0.272 e. The maximum absolute atomic E-state index is 13.5. The first-order valence-electron chi connectivity index (χ1n) is 9.23. The molecule has 0 radical (unpaired) electrons. The first-order valence-corrected chi connectivity index (χ1v) is 10.0. The number of carbonyl (C=O) groups is 1. The molecule has 0 spiro atoms. The zero-order chi connectivity index (χ0) is 19.8. The number of nitrogens with one attached hydrogen (secondary N) is 1. The van der Waals surface area contributed by atoms with E-state index >= 15 is 0 Å². The van der Waals surface area contributed by atoms with Gasteiger partial charge >= 0.3 is 0 Å². The van der Waals surface area contributed by atoms with Crippen molar-refractivity contribution in [1.82, 2.24) is 4.98 Å². The second kappa shape index (κ2) is 7.41. The second-order valence-electron chi connectivity index (χ2n) is 6.78. The number of fused-ring (bicyclic) bond motifs is 3. The molecule has 0 saturated heterocycles. The molecule has 1 aliphatic rings. The van der Waals surface area contributed by atoms with Crippen LogP contribution < -0.4 is 15.0 Å². The fraction of sp³-hybridized carbons (Fsp3) is 0.333. The van der Waals surface area contributed by atoms with Crippen molar-refractivity contribution >= 4 is 38.8 Å². The molecule has 2 aromatic heterocycles. The Labute approximate surface area is 168 Å². The number of ether oxygens (including phenoxy) is 2. The van der Waals surface area contributed by atoms with Crippen LogP contribution in [-0.2, 0) is 11.3 Å². The third-order valence-electron chi connectivity index (χ3n) is 4.94. The molecular weight excluding hydrogens is 374 g/mol. The minimum absolute atomic E-state index is 0.00483. The number of hydrogen-bond acceptors (Lipinski definition) is 6. The largest absolute Gasteiger partial charge is 0.497 e. The second-order valence-corrected chi connectivity index (χ2v) is 7.78. The van der Waals surface area contributed by atoms with E-state index in [4.69, 9.17) is 9.47 Å². The normalized spacial score (nSPS) is 16.2. The van der Waals surface area contributed by atoms with Gasteiger partial charge in [0.25, 0.3) is 5.91 Å². The Kier molecular flexibility index (Phi) is 4.95. The van der Waals surface area contributed by atoms with Gasteiger partial charge in [-0.1, -0.05) is 6.92 Å². The lowest BCUT2D eigenvalue weighted by Crippen LogP contribution is -2.48. The summed E-state index contributed by atoms with van der Waals surface area (Å²) in [6, 6.07) is 9.60. The van der Waals surface area contributed by atoms with Crippen molar-refractivity contribution in [1.29, 1.82) is 0 Å². The van der Waals surface area contributed by atoms with Crippen molar-refractivity contribution in [2.45, 2.75) is 33.0 Å². The first kappa shape index (κ1) is 18.7. The van der Waals surface area contributed by atoms with Gasteiger partial charge < -0.3 is 14.8 Å². The van der Waals surface area contributed by atoms with Crippen LogP contribution in [0.3, 0.4) is 0 Å². The number of benzene rings is 1. The highest BCUT2D eigenvalue weighted by atomic mass is 32.1. The standard InChI is InChI=1S/C21H23N3O3S/c1-5-16-23-18-17-13(11-26-3)10-12(2)22-20(17)28-19(18)21(25)24(16)14-6-8-15(27-4)9-7-14/h6-10,16,23H,5,11H2,1-4H3/t16-/m1/s1. The molecule has 28 heavy (non-hydrogen) atoms. The summed E-state index contributed by atoms with van der Waals surface area (Å²) < 4.78 is 10.6. The molecule has 0 saturated carbocycles. The van der Waals surface area contributed by atoms with E-state index in [9.17, 15) is 4.79 Å². The van der Waals surface area contributed by atoms with E-state index in [1.807, 2.05) is 42.2 Å². The van der Waals surface area contributed by atoms with Crippen LogP contribution >= 0.6 is 11.3 Å². The number of nitrogens with zero attached hydrogens (tertiary/aromatic N) is 2. The Morgan fingerprint density at radius 3 is 2.64 bits per heavy atom. The summed E-state index contributed by atoms with van der Waals surface area (Å²) in [5.74, 6) is 0.760. The van der Waals surface area contributed by atoms with Gasteiger partial charge in [0.15, 0.2) is 0 Å². The van der Waals surface area contributed by atoms with Gasteiger partial charge in [-0.3, -0.25) is 9.69 Å². The van der Waals surface area contributed by atoms with Gasteiger partial charge in [0.05, 0.1) is 19.4 Å². The number of amides is 1. The molecular formula is C21H23N3O3S. The molecule has 4 rings (SSSR count). The summed E-state index contributed by atoms with van der Waals surface area (Å²) in [6.07, 6.45) is 0.635. The van der Waals surface area contributed by atoms with Gasteiger partial charge in [0.2, 0.25) is 0 Å². The molecule has 6 nitrogen and oxygen atoms in total. The molecule has 146 valence electrons. The maximum atomic E-state index is 13.5. The van der Waals surface area contributed by atoms with Crippen LogP contribution in [0.25, 0.3) is 10.2 Å². The summed E-state index contributed by atoms with van der Waals surface area (Å²) in [7, 11) is 3.31. The minimum atomic E-state index is -0.136. The molecule has 0 bridgehead atoms. The molecule has 1 aliphatic heterocycles. The molecule has 1 aromatic carbocycles. The van der Waals surface area contributed by atoms with Gasteiger partial charge in [-0.05, 0) is 49.2 Å². The quantitative estimate of drug-likeness (QED) is 0.683. The Bertz CT molecular complexity index is 1030. The molecule has 1 amide bonds. The number of aryl methyl sites for hydroxylation is 1. The predicted molar refractivity (Wildman–Crippen MR) is 113 cm³/mol. The number of thiophene rings is 1. The van der Waals surface area contributed by atoms with E-state index in [1.54, 1.807) is 14.2 Å². The number of methoxy groups -OCH3 is 2. The zero-order valence-corrected chi connectivity index (χ0v) is 17.2. The molecule has 0 aliphatic carbocycles. The van der Waals surface area contributed by atoms with Gasteiger partial charge in [-0.2, -0.15) is 0 Å². The Hall–Kier alpha value is -2.64. The van der Waals surface area contributed by atoms with E-state index in [-0.39, 0.29) is 12.1 Å². The van der Waals surface area contributed by atoms with E-state index in [0.717, 1.165) is 45.0 Å². The van der Waals surface area contributed by atoms with E-state index in [0.29, 0.717) is 11.5 Å². The summed E-state index contributed by atoms with van der Waals surface area (Å²) in [5.41, 5.74) is 3.69. The van der Waals surface area contributed by atoms with E-state index in [2.05, 4.69) is 17.2 Å². The van der Waals surface area contributed by atoms with Crippen LogP contribution in [-0.4, -0.2) is 31.3 Å². The lowest BCUT2D eigenvalue weighted by atomic mass is 10.1. The van der Waals surface area contributed by atoms with Crippen LogP contribution in [0.2, 0.25) is 0 Å². The molecule has 1 atom stereocenters. The van der Waals surface area contributed by atoms with Crippen molar-refractivity contribution in [3.63, 3.8) is 0 Å². The van der Waals surface area contributed by atoms with Crippen LogP contribution in [0, 0.1) is 6.92 Å². The monoisotopic (exact) mass is 397 g/mol. The number of aromatic nitrogens is 1. The van der Waals surface area contributed by atoms with E-state index < -0.39 is 0 Å². The lowest BCUT2D eigenvalue weighted by molar-refractivity contribution is 0.0978. The van der Waals surface area contributed by atoms with Gasteiger partial charge in [0.1, 0.15) is 21.6 Å². The number of hydrogen-bond donors (Lipinski definition) is 1. The number of pyridine rings is 1. The molecule has 3 heterocycles. The highest BCUT2D eigenvalue weighted by Crippen LogP contribution is 2.42. The van der Waals surface area contributed by atoms with Crippen LogP contribution in [0.15, 0.2) is 30.3 Å².